The van der Waals surface area contributed by atoms with Gasteiger partial charge in [0.15, 0.2) is 0 Å². The van der Waals surface area contributed by atoms with Gasteiger partial charge in [-0.2, -0.15) is 0 Å². The fourth-order valence-electron chi connectivity index (χ4n) is 1.91. The van der Waals surface area contributed by atoms with Gasteiger partial charge in [-0.15, -0.1) is 5.73 Å². The van der Waals surface area contributed by atoms with Crippen molar-refractivity contribution in [2.24, 2.45) is 9.98 Å². The van der Waals surface area contributed by atoms with Crippen LogP contribution in [0.1, 0.15) is 31.9 Å². The number of benzene rings is 1. The maximum absolute atomic E-state index is 4.70. The van der Waals surface area contributed by atoms with Crippen LogP contribution >= 0.6 is 0 Å². The molecule has 0 saturated heterocycles. The van der Waals surface area contributed by atoms with Crippen LogP contribution in [-0.2, 0) is 0 Å². The highest BCUT2D eigenvalue weighted by Crippen LogP contribution is 2.10. The third-order valence-electron chi connectivity index (χ3n) is 3.06. The molecule has 0 unspecified atom stereocenters. The maximum atomic E-state index is 4.70. The second-order valence-electron chi connectivity index (χ2n) is 5.36. The molecule has 0 radical (unpaired) electrons. The molecule has 0 aliphatic rings. The average molecular weight is 307 g/mol. The van der Waals surface area contributed by atoms with Crippen LogP contribution in [0.2, 0.25) is 0 Å². The standard InChI is InChI=1S/C20H25N3/c1-6-8-18-9-7-10-19(15-18)17(4)23-20(11-13-21-5)12-14-22-16(2)3/h7-13,15-16,22H,1,5,14H2,2-4H3/b13-11-,20-12+,23-17+. The minimum Gasteiger partial charge on any atom is -0.311 e. The van der Waals surface area contributed by atoms with Crippen molar-refractivity contribution in [3.63, 3.8) is 0 Å². The van der Waals surface area contributed by atoms with E-state index in [0.29, 0.717) is 6.04 Å². The summed E-state index contributed by atoms with van der Waals surface area (Å²) in [6.45, 7) is 14.0. The third-order valence-corrected chi connectivity index (χ3v) is 3.06. The SMILES string of the molecule is C=C=Cc1cccc(/C(C)=N/C(/C=C\N=C)=C/CNC(C)C)c1. The Morgan fingerprint density at radius 1 is 1.39 bits per heavy atom. The summed E-state index contributed by atoms with van der Waals surface area (Å²) in [5.41, 5.74) is 6.71. The Bertz CT molecular complexity index is 657. The van der Waals surface area contributed by atoms with Crippen molar-refractivity contribution in [3.05, 3.63) is 71.8 Å². The molecule has 0 amide bonds. The van der Waals surface area contributed by atoms with Crippen molar-refractivity contribution in [2.75, 3.05) is 6.54 Å². The quantitative estimate of drug-likeness (QED) is 0.431. The normalized spacial score (nSPS) is 12.5. The lowest BCUT2D eigenvalue weighted by Crippen LogP contribution is -2.22. The number of nitrogens with one attached hydrogen (secondary N) is 1. The van der Waals surface area contributed by atoms with Crippen molar-refractivity contribution in [1.82, 2.24) is 5.32 Å². The molecule has 0 aliphatic heterocycles. The van der Waals surface area contributed by atoms with Gasteiger partial charge in [0.25, 0.3) is 0 Å². The topological polar surface area (TPSA) is 36.8 Å². The first-order chi connectivity index (χ1) is 11.1. The molecule has 3 nitrogen and oxygen atoms in total. The molecular weight excluding hydrogens is 282 g/mol. The van der Waals surface area contributed by atoms with Crippen molar-refractivity contribution in [2.45, 2.75) is 26.8 Å². The summed E-state index contributed by atoms with van der Waals surface area (Å²) >= 11 is 0. The van der Waals surface area contributed by atoms with Gasteiger partial charge >= 0.3 is 0 Å². The van der Waals surface area contributed by atoms with Crippen LogP contribution in [0.25, 0.3) is 6.08 Å². The van der Waals surface area contributed by atoms with Gasteiger partial charge in [-0.25, -0.2) is 0 Å². The molecule has 0 heterocycles. The van der Waals surface area contributed by atoms with Gasteiger partial charge in [0.1, 0.15) is 0 Å². The fraction of sp³-hybridized carbons (Fsp3) is 0.250. The summed E-state index contributed by atoms with van der Waals surface area (Å²) in [5, 5.41) is 3.35. The Labute approximate surface area is 139 Å². The van der Waals surface area contributed by atoms with E-state index in [2.05, 4.69) is 49.3 Å². The van der Waals surface area contributed by atoms with E-state index in [4.69, 9.17) is 4.99 Å². The number of allylic oxidation sites excluding steroid dienone is 1. The first-order valence-corrected chi connectivity index (χ1v) is 7.64. The molecule has 0 spiro atoms. The van der Waals surface area contributed by atoms with Crippen LogP contribution < -0.4 is 5.32 Å². The van der Waals surface area contributed by atoms with Crippen LogP contribution in [0.4, 0.5) is 0 Å². The highest BCUT2D eigenvalue weighted by atomic mass is 14.9. The van der Waals surface area contributed by atoms with Crippen LogP contribution in [0.5, 0.6) is 0 Å². The molecule has 0 aliphatic carbocycles. The predicted molar refractivity (Wildman–Crippen MR) is 102 cm³/mol. The van der Waals surface area contributed by atoms with Crippen LogP contribution in [0.3, 0.4) is 0 Å². The third kappa shape index (κ3) is 7.37. The molecular formula is C20H25N3. The van der Waals surface area contributed by atoms with E-state index in [-0.39, 0.29) is 0 Å². The van der Waals surface area contributed by atoms with Gasteiger partial charge in [0, 0.05) is 24.5 Å². The zero-order valence-corrected chi connectivity index (χ0v) is 14.2. The fourth-order valence-corrected chi connectivity index (χ4v) is 1.91. The minimum absolute atomic E-state index is 0.432. The van der Waals surface area contributed by atoms with Crippen molar-refractivity contribution < 1.29 is 0 Å². The Hall–Kier alpha value is -2.48. The van der Waals surface area contributed by atoms with Crippen molar-refractivity contribution in [1.29, 1.82) is 0 Å². The zero-order chi connectivity index (χ0) is 17.1. The van der Waals surface area contributed by atoms with E-state index >= 15 is 0 Å². The second kappa shape index (κ2) is 10.3. The van der Waals surface area contributed by atoms with Crippen LogP contribution in [0, 0.1) is 0 Å². The van der Waals surface area contributed by atoms with Gasteiger partial charge < -0.3 is 5.32 Å². The summed E-state index contributed by atoms with van der Waals surface area (Å²) in [5.74, 6) is 0. The molecule has 0 bridgehead atoms. The van der Waals surface area contributed by atoms with Gasteiger partial charge in [-0.1, -0.05) is 38.6 Å². The zero-order valence-electron chi connectivity index (χ0n) is 14.2. The monoisotopic (exact) mass is 307 g/mol. The van der Waals surface area contributed by atoms with E-state index in [0.717, 1.165) is 29.1 Å². The molecule has 0 fully saturated rings. The van der Waals surface area contributed by atoms with Gasteiger partial charge in [-0.05, 0) is 49.1 Å². The maximum Gasteiger partial charge on any atom is 0.0621 e. The van der Waals surface area contributed by atoms with E-state index in [1.807, 2.05) is 43.4 Å². The summed E-state index contributed by atoms with van der Waals surface area (Å²) in [6, 6.07) is 8.55. The lowest BCUT2D eigenvalue weighted by Gasteiger charge is -2.06. The van der Waals surface area contributed by atoms with Crippen molar-refractivity contribution in [3.8, 4) is 0 Å². The van der Waals surface area contributed by atoms with E-state index < -0.39 is 0 Å². The molecule has 23 heavy (non-hydrogen) atoms. The van der Waals surface area contributed by atoms with Crippen molar-refractivity contribution >= 4 is 18.5 Å². The van der Waals surface area contributed by atoms with Gasteiger partial charge in [0.05, 0.1) is 5.70 Å². The highest BCUT2D eigenvalue weighted by Gasteiger charge is 1.99. The lowest BCUT2D eigenvalue weighted by atomic mass is 10.1. The highest BCUT2D eigenvalue weighted by molar-refractivity contribution is 5.99. The van der Waals surface area contributed by atoms with Crippen LogP contribution in [-0.4, -0.2) is 25.0 Å². The average Bonchev–Trinajstić information content (AvgIpc) is 2.52. The molecule has 0 saturated carbocycles. The largest absolute Gasteiger partial charge is 0.311 e. The first kappa shape index (κ1) is 18.6. The summed E-state index contributed by atoms with van der Waals surface area (Å²) in [4.78, 5) is 8.45. The number of nitrogens with zero attached hydrogens (tertiary/aromatic N) is 2. The summed E-state index contributed by atoms with van der Waals surface area (Å²) in [7, 11) is 0. The number of hydrogen-bond donors (Lipinski definition) is 1. The molecule has 0 aromatic heterocycles. The molecule has 3 heteroatoms. The number of hydrogen-bond acceptors (Lipinski definition) is 3. The van der Waals surface area contributed by atoms with Crippen LogP contribution in [0.15, 0.2) is 70.6 Å². The molecule has 0 atom stereocenters. The Morgan fingerprint density at radius 2 is 2.17 bits per heavy atom. The summed E-state index contributed by atoms with van der Waals surface area (Å²) < 4.78 is 0. The number of aliphatic imine (C=N–C) groups is 2. The molecule has 1 N–H and O–H groups in total. The molecule has 1 aromatic carbocycles. The Kier molecular flexibility index (Phi) is 8.30. The van der Waals surface area contributed by atoms with E-state index in [9.17, 15) is 0 Å². The molecule has 1 aromatic rings. The Morgan fingerprint density at radius 3 is 2.83 bits per heavy atom. The minimum atomic E-state index is 0.432. The predicted octanol–water partition coefficient (Wildman–Crippen LogP) is 4.39. The van der Waals surface area contributed by atoms with E-state index in [1.165, 1.54) is 0 Å². The van der Waals surface area contributed by atoms with E-state index in [1.54, 1.807) is 6.20 Å². The molecule has 1 rings (SSSR count). The molecule has 120 valence electrons. The summed E-state index contributed by atoms with van der Waals surface area (Å²) in [6.07, 6.45) is 7.39. The first-order valence-electron chi connectivity index (χ1n) is 7.64. The second-order valence-corrected chi connectivity index (χ2v) is 5.36. The number of rotatable bonds is 8. The van der Waals surface area contributed by atoms with Gasteiger partial charge in [0.2, 0.25) is 0 Å². The lowest BCUT2D eigenvalue weighted by molar-refractivity contribution is 0.631. The smallest absolute Gasteiger partial charge is 0.0621 e. The van der Waals surface area contributed by atoms with Gasteiger partial charge in [-0.3, -0.25) is 9.98 Å². The Balaban J connectivity index is 3.04.